The highest BCUT2D eigenvalue weighted by Crippen LogP contribution is 2.32. The molecule has 96 valence electrons. The summed E-state index contributed by atoms with van der Waals surface area (Å²) in [5.41, 5.74) is 0. The highest BCUT2D eigenvalue weighted by Gasteiger charge is 2.00. The molecule has 2 aromatic rings. The fourth-order valence-electron chi connectivity index (χ4n) is 1.03. The third-order valence-corrected chi connectivity index (χ3v) is 1.94. The molecule has 0 aliphatic rings. The van der Waals surface area contributed by atoms with Crippen LogP contribution in [-0.2, 0) is 0 Å². The zero-order valence-corrected chi connectivity index (χ0v) is 9.19. The fraction of sp³-hybridized carbons (Fsp3) is 0. The van der Waals surface area contributed by atoms with Gasteiger partial charge >= 0.3 is 0 Å². The number of para-hydroxylation sites is 1. The van der Waals surface area contributed by atoms with Crippen molar-refractivity contribution in [2.24, 2.45) is 0 Å². The van der Waals surface area contributed by atoms with Crippen LogP contribution in [0.4, 0.5) is 0 Å². The predicted octanol–water partition coefficient (Wildman–Crippen LogP) is 2.05. The molecule has 0 bridgehead atoms. The first-order valence-corrected chi connectivity index (χ1v) is 4.85. The van der Waals surface area contributed by atoms with Gasteiger partial charge in [0, 0.05) is 0 Å². The normalized spacial score (nSPS) is 9.17. The van der Waals surface area contributed by atoms with Crippen LogP contribution in [0.5, 0.6) is 28.7 Å². The van der Waals surface area contributed by atoms with Crippen molar-refractivity contribution in [1.29, 1.82) is 0 Å². The molecule has 0 atom stereocenters. The molecule has 6 nitrogen and oxygen atoms in total. The van der Waals surface area contributed by atoms with Gasteiger partial charge in [-0.25, -0.2) is 5.26 Å². The molecule has 2 rings (SSSR count). The van der Waals surface area contributed by atoms with Crippen LogP contribution in [0.3, 0.4) is 0 Å². The summed E-state index contributed by atoms with van der Waals surface area (Å²) in [6.07, 6.45) is 0. The highest BCUT2D eigenvalue weighted by molar-refractivity contribution is 5.47. The summed E-state index contributed by atoms with van der Waals surface area (Å²) in [6, 6.07) is 9.76. The minimum absolute atomic E-state index is 0.149. The van der Waals surface area contributed by atoms with Crippen molar-refractivity contribution in [3.8, 4) is 28.7 Å². The van der Waals surface area contributed by atoms with E-state index in [0.717, 1.165) is 0 Å². The second-order valence-corrected chi connectivity index (χ2v) is 3.23. The number of hydrogen-bond acceptors (Lipinski definition) is 6. The molecule has 0 fully saturated rings. The van der Waals surface area contributed by atoms with Crippen LogP contribution in [0, 0.1) is 0 Å². The Morgan fingerprint density at radius 1 is 0.722 bits per heavy atom. The molecule has 6 heteroatoms. The molecule has 0 heterocycles. The molecule has 0 aliphatic carbocycles. The lowest BCUT2D eigenvalue weighted by Gasteiger charge is -1.96. The van der Waals surface area contributed by atoms with E-state index in [1.165, 1.54) is 42.5 Å². The van der Waals surface area contributed by atoms with Crippen molar-refractivity contribution in [1.82, 2.24) is 0 Å². The van der Waals surface area contributed by atoms with Crippen LogP contribution < -0.4 is 4.89 Å². The zero-order valence-electron chi connectivity index (χ0n) is 9.19. The van der Waals surface area contributed by atoms with Crippen LogP contribution in [-0.4, -0.2) is 25.7 Å². The standard InChI is InChI=1S/2C6H6O3/c7-5-1-3-6(9-8)4-2-5;7-4-2-1-3-5(8)6(4)9/h1-4,7-8H;1-3,7-9H. The molecule has 18 heavy (non-hydrogen) atoms. The van der Waals surface area contributed by atoms with Gasteiger partial charge in [-0.2, -0.15) is 0 Å². The molecule has 5 N–H and O–H groups in total. The van der Waals surface area contributed by atoms with E-state index in [9.17, 15) is 0 Å². The lowest BCUT2D eigenvalue weighted by molar-refractivity contribution is -0.137. The molecule has 0 unspecified atom stereocenters. The van der Waals surface area contributed by atoms with Gasteiger partial charge in [0.15, 0.2) is 23.0 Å². The molecule has 2 aromatic carbocycles. The Bertz CT molecular complexity index is 474. The Kier molecular flexibility index (Phi) is 4.65. The van der Waals surface area contributed by atoms with Crippen LogP contribution in [0.1, 0.15) is 0 Å². The molecule has 0 spiro atoms. The maximum Gasteiger partial charge on any atom is 0.200 e. The van der Waals surface area contributed by atoms with Gasteiger partial charge in [-0.15, -0.1) is 0 Å². The van der Waals surface area contributed by atoms with Crippen LogP contribution in [0.2, 0.25) is 0 Å². The first-order valence-electron chi connectivity index (χ1n) is 4.85. The first kappa shape index (κ1) is 13.5. The van der Waals surface area contributed by atoms with E-state index in [0.29, 0.717) is 5.75 Å². The molecule has 0 aromatic heterocycles. The Labute approximate surface area is 103 Å². The average Bonchev–Trinajstić information content (AvgIpc) is 2.38. The molecule has 0 aliphatic heterocycles. The van der Waals surface area contributed by atoms with Gasteiger partial charge in [-0.05, 0) is 36.4 Å². The molecule has 0 saturated heterocycles. The van der Waals surface area contributed by atoms with Gasteiger partial charge in [0.25, 0.3) is 0 Å². The van der Waals surface area contributed by atoms with E-state index in [4.69, 9.17) is 25.7 Å². The number of benzene rings is 2. The summed E-state index contributed by atoms with van der Waals surface area (Å²) in [6.45, 7) is 0. The Hall–Kier alpha value is -2.60. The Balaban J connectivity index is 0.000000180. The monoisotopic (exact) mass is 252 g/mol. The number of aromatic hydroxyl groups is 4. The topological polar surface area (TPSA) is 110 Å². The van der Waals surface area contributed by atoms with Gasteiger partial charge in [0.05, 0.1) is 0 Å². The predicted molar refractivity (Wildman–Crippen MR) is 62.8 cm³/mol. The number of phenols is 4. The maximum absolute atomic E-state index is 8.72. The minimum Gasteiger partial charge on any atom is -0.508 e. The fourth-order valence-corrected chi connectivity index (χ4v) is 1.03. The number of rotatable bonds is 1. The summed E-state index contributed by atoms with van der Waals surface area (Å²) in [5, 5.41) is 42.8. The summed E-state index contributed by atoms with van der Waals surface area (Å²) >= 11 is 0. The molecule has 0 radical (unpaired) electrons. The number of phenolic OH excluding ortho intramolecular Hbond substituents is 4. The molecule has 0 amide bonds. The van der Waals surface area contributed by atoms with Gasteiger partial charge in [-0.3, -0.25) is 0 Å². The van der Waals surface area contributed by atoms with Gasteiger partial charge < -0.3 is 25.3 Å². The van der Waals surface area contributed by atoms with Crippen molar-refractivity contribution in [3.05, 3.63) is 42.5 Å². The molecular weight excluding hydrogens is 240 g/mol. The summed E-state index contributed by atoms with van der Waals surface area (Å²) in [7, 11) is 0. The lowest BCUT2D eigenvalue weighted by atomic mass is 10.3. The third kappa shape index (κ3) is 3.76. The van der Waals surface area contributed by atoms with Gasteiger partial charge in [0.2, 0.25) is 0 Å². The van der Waals surface area contributed by atoms with E-state index < -0.39 is 5.75 Å². The van der Waals surface area contributed by atoms with E-state index in [1.54, 1.807) is 0 Å². The smallest absolute Gasteiger partial charge is 0.200 e. The van der Waals surface area contributed by atoms with Gasteiger partial charge in [0.1, 0.15) is 5.75 Å². The van der Waals surface area contributed by atoms with E-state index in [1.807, 2.05) is 0 Å². The molecule has 0 saturated carbocycles. The third-order valence-electron chi connectivity index (χ3n) is 1.94. The Morgan fingerprint density at radius 3 is 1.61 bits per heavy atom. The lowest BCUT2D eigenvalue weighted by Crippen LogP contribution is -1.80. The van der Waals surface area contributed by atoms with Crippen molar-refractivity contribution in [3.63, 3.8) is 0 Å². The summed E-state index contributed by atoms with van der Waals surface area (Å²) in [4.78, 5) is 3.86. The van der Waals surface area contributed by atoms with E-state index in [-0.39, 0.29) is 17.2 Å². The van der Waals surface area contributed by atoms with Crippen LogP contribution >= 0.6 is 0 Å². The van der Waals surface area contributed by atoms with Crippen molar-refractivity contribution in [2.45, 2.75) is 0 Å². The van der Waals surface area contributed by atoms with Crippen molar-refractivity contribution in [2.75, 3.05) is 0 Å². The Morgan fingerprint density at radius 2 is 1.22 bits per heavy atom. The second-order valence-electron chi connectivity index (χ2n) is 3.23. The second kappa shape index (κ2) is 6.21. The largest absolute Gasteiger partial charge is 0.508 e. The van der Waals surface area contributed by atoms with Gasteiger partial charge in [-0.1, -0.05) is 6.07 Å². The highest BCUT2D eigenvalue weighted by atomic mass is 17.1. The molecular formula is C12H12O6. The SMILES string of the molecule is OOc1ccc(O)cc1.Oc1cccc(O)c1O. The zero-order chi connectivity index (χ0) is 13.5. The minimum atomic E-state index is -0.475. The maximum atomic E-state index is 8.72. The van der Waals surface area contributed by atoms with Crippen LogP contribution in [0.15, 0.2) is 42.5 Å². The summed E-state index contributed by atoms with van der Waals surface area (Å²) < 4.78 is 0. The van der Waals surface area contributed by atoms with E-state index >= 15 is 0 Å². The first-order chi connectivity index (χ1) is 8.54. The number of hydrogen-bond donors (Lipinski definition) is 5. The van der Waals surface area contributed by atoms with Crippen molar-refractivity contribution < 1.29 is 30.6 Å². The van der Waals surface area contributed by atoms with Crippen molar-refractivity contribution >= 4 is 0 Å². The average molecular weight is 252 g/mol. The van der Waals surface area contributed by atoms with E-state index in [2.05, 4.69) is 4.89 Å². The quantitative estimate of drug-likeness (QED) is 0.302. The van der Waals surface area contributed by atoms with Crippen LogP contribution in [0.25, 0.3) is 0 Å². The summed E-state index contributed by atoms with van der Waals surface area (Å²) in [5.74, 6) is -0.633.